The summed E-state index contributed by atoms with van der Waals surface area (Å²) in [5.74, 6) is 0. The zero-order valence-corrected chi connectivity index (χ0v) is 9.46. The first-order valence-corrected chi connectivity index (χ1v) is 4.79. The van der Waals surface area contributed by atoms with E-state index in [2.05, 4.69) is 23.1 Å². The third-order valence-corrected chi connectivity index (χ3v) is 1.75. The fourth-order valence-corrected chi connectivity index (χ4v) is 0.938. The average Bonchev–Trinajstić information content (AvgIpc) is 2.24. The molecular weight excluding hydrogens is 172 g/mol. The molecule has 0 aliphatic carbocycles. The zero-order chi connectivity index (χ0) is 11.1. The van der Waals surface area contributed by atoms with Crippen LogP contribution in [-0.4, -0.2) is 9.97 Å². The molecule has 0 N–H and O–H groups in total. The van der Waals surface area contributed by atoms with Crippen LogP contribution in [0.15, 0.2) is 13.2 Å². The molecule has 0 aliphatic rings. The van der Waals surface area contributed by atoms with Gasteiger partial charge >= 0.3 is 0 Å². The van der Waals surface area contributed by atoms with Crippen LogP contribution in [-0.2, 0) is 0 Å². The minimum atomic E-state index is 0.799. The Balaban J connectivity index is 0.000000791. The Morgan fingerprint density at radius 1 is 0.857 bits per heavy atom. The van der Waals surface area contributed by atoms with Crippen molar-refractivity contribution >= 4 is 12.2 Å². The van der Waals surface area contributed by atoms with Crippen LogP contribution in [0.1, 0.15) is 36.6 Å². The summed E-state index contributed by atoms with van der Waals surface area (Å²) >= 11 is 0. The molecule has 0 fully saturated rings. The highest BCUT2D eigenvalue weighted by Gasteiger charge is 2.01. The SMILES string of the molecule is C=Cc1nc(C)c(C)nc1C=C.CC. The summed E-state index contributed by atoms with van der Waals surface area (Å²) in [6.45, 7) is 15.2. The summed E-state index contributed by atoms with van der Waals surface area (Å²) < 4.78 is 0. The van der Waals surface area contributed by atoms with Crippen LogP contribution in [0.3, 0.4) is 0 Å². The summed E-state index contributed by atoms with van der Waals surface area (Å²) in [5.41, 5.74) is 3.48. The van der Waals surface area contributed by atoms with Crippen molar-refractivity contribution in [2.45, 2.75) is 27.7 Å². The molecule has 2 heteroatoms. The highest BCUT2D eigenvalue weighted by atomic mass is 14.8. The maximum atomic E-state index is 4.31. The van der Waals surface area contributed by atoms with Gasteiger partial charge in [-0.2, -0.15) is 0 Å². The van der Waals surface area contributed by atoms with Crippen molar-refractivity contribution in [2.75, 3.05) is 0 Å². The van der Waals surface area contributed by atoms with Crippen LogP contribution in [0, 0.1) is 13.8 Å². The van der Waals surface area contributed by atoms with Crippen LogP contribution in [0.4, 0.5) is 0 Å². The van der Waals surface area contributed by atoms with Gasteiger partial charge < -0.3 is 0 Å². The van der Waals surface area contributed by atoms with E-state index >= 15 is 0 Å². The van der Waals surface area contributed by atoms with Gasteiger partial charge in [-0.05, 0) is 26.0 Å². The Morgan fingerprint density at radius 2 is 1.14 bits per heavy atom. The first-order chi connectivity index (χ1) is 6.69. The molecule has 0 atom stereocenters. The molecule has 0 bridgehead atoms. The number of aryl methyl sites for hydroxylation is 2. The molecule has 14 heavy (non-hydrogen) atoms. The van der Waals surface area contributed by atoms with Gasteiger partial charge in [-0.15, -0.1) is 0 Å². The molecule has 1 aromatic heterocycles. The topological polar surface area (TPSA) is 25.8 Å². The molecule has 2 nitrogen and oxygen atoms in total. The van der Waals surface area contributed by atoms with E-state index in [-0.39, 0.29) is 0 Å². The molecule has 0 amide bonds. The molecule has 1 aromatic rings. The molecule has 0 unspecified atom stereocenters. The fraction of sp³-hybridized carbons (Fsp3) is 0.333. The lowest BCUT2D eigenvalue weighted by molar-refractivity contribution is 1.02. The van der Waals surface area contributed by atoms with E-state index < -0.39 is 0 Å². The molecule has 0 aromatic carbocycles. The molecule has 1 rings (SSSR count). The van der Waals surface area contributed by atoms with Crippen LogP contribution >= 0.6 is 0 Å². The highest BCUT2D eigenvalue weighted by molar-refractivity contribution is 5.57. The van der Waals surface area contributed by atoms with Crippen molar-refractivity contribution < 1.29 is 0 Å². The molecular formula is C12H18N2. The lowest BCUT2D eigenvalue weighted by atomic mass is 10.2. The highest BCUT2D eigenvalue weighted by Crippen LogP contribution is 2.09. The van der Waals surface area contributed by atoms with E-state index in [0.29, 0.717) is 0 Å². The Labute approximate surface area is 86.4 Å². The minimum Gasteiger partial charge on any atom is -0.250 e. The predicted molar refractivity (Wildman–Crippen MR) is 63.0 cm³/mol. The monoisotopic (exact) mass is 190 g/mol. The third kappa shape index (κ3) is 2.80. The number of hydrogen-bond donors (Lipinski definition) is 0. The zero-order valence-electron chi connectivity index (χ0n) is 9.46. The number of hydrogen-bond acceptors (Lipinski definition) is 2. The molecule has 0 saturated heterocycles. The van der Waals surface area contributed by atoms with Crippen LogP contribution in [0.2, 0.25) is 0 Å². The molecule has 1 heterocycles. The second kappa shape index (κ2) is 6.08. The third-order valence-electron chi connectivity index (χ3n) is 1.75. The van der Waals surface area contributed by atoms with Crippen molar-refractivity contribution in [1.82, 2.24) is 9.97 Å². The minimum absolute atomic E-state index is 0.799. The first-order valence-electron chi connectivity index (χ1n) is 4.79. The Hall–Kier alpha value is -1.44. The van der Waals surface area contributed by atoms with Crippen LogP contribution < -0.4 is 0 Å². The smallest absolute Gasteiger partial charge is 0.0884 e. The first kappa shape index (κ1) is 12.6. The summed E-state index contributed by atoms with van der Waals surface area (Å²) in [5, 5.41) is 0. The van der Waals surface area contributed by atoms with E-state index in [4.69, 9.17) is 0 Å². The Morgan fingerprint density at radius 3 is 1.36 bits per heavy atom. The number of aromatic nitrogens is 2. The lowest BCUT2D eigenvalue weighted by Crippen LogP contribution is -1.98. The van der Waals surface area contributed by atoms with Crippen LogP contribution in [0.5, 0.6) is 0 Å². The van der Waals surface area contributed by atoms with E-state index in [0.717, 1.165) is 22.8 Å². The van der Waals surface area contributed by atoms with E-state index in [9.17, 15) is 0 Å². The van der Waals surface area contributed by atoms with Crippen molar-refractivity contribution in [2.24, 2.45) is 0 Å². The predicted octanol–water partition coefficient (Wildman–Crippen LogP) is 3.41. The van der Waals surface area contributed by atoms with Gasteiger partial charge in [0, 0.05) is 0 Å². The van der Waals surface area contributed by atoms with Gasteiger partial charge in [0.2, 0.25) is 0 Å². The molecule has 0 saturated carbocycles. The quantitative estimate of drug-likeness (QED) is 0.714. The molecule has 76 valence electrons. The Kier molecular flexibility index (Phi) is 5.46. The largest absolute Gasteiger partial charge is 0.250 e. The summed E-state index contributed by atoms with van der Waals surface area (Å²) in [6, 6.07) is 0. The van der Waals surface area contributed by atoms with Crippen molar-refractivity contribution in [3.8, 4) is 0 Å². The lowest BCUT2D eigenvalue weighted by Gasteiger charge is -2.03. The van der Waals surface area contributed by atoms with Crippen molar-refractivity contribution in [3.05, 3.63) is 35.9 Å². The van der Waals surface area contributed by atoms with Gasteiger partial charge in [-0.1, -0.05) is 27.0 Å². The van der Waals surface area contributed by atoms with Gasteiger partial charge in [0.25, 0.3) is 0 Å². The van der Waals surface area contributed by atoms with Crippen molar-refractivity contribution in [3.63, 3.8) is 0 Å². The molecule has 0 aliphatic heterocycles. The second-order valence-electron chi connectivity index (χ2n) is 2.57. The maximum absolute atomic E-state index is 4.31. The van der Waals surface area contributed by atoms with Crippen molar-refractivity contribution in [1.29, 1.82) is 0 Å². The standard InChI is InChI=1S/C10H12N2.C2H6/c1-5-9-10(6-2)12-8(4)7(3)11-9;1-2/h5-6H,1-2H2,3-4H3;1-2H3. The summed E-state index contributed by atoms with van der Waals surface area (Å²) in [4.78, 5) is 8.62. The Bertz CT molecular complexity index is 294. The van der Waals surface area contributed by atoms with Gasteiger partial charge in [-0.25, -0.2) is 9.97 Å². The molecule has 0 spiro atoms. The average molecular weight is 190 g/mol. The number of rotatable bonds is 2. The summed E-state index contributed by atoms with van der Waals surface area (Å²) in [6.07, 6.45) is 3.38. The normalized spacial score (nSPS) is 8.57. The summed E-state index contributed by atoms with van der Waals surface area (Å²) in [7, 11) is 0. The van der Waals surface area contributed by atoms with Gasteiger partial charge in [0.1, 0.15) is 0 Å². The van der Waals surface area contributed by atoms with E-state index in [1.807, 2.05) is 27.7 Å². The van der Waals surface area contributed by atoms with Gasteiger partial charge in [0.15, 0.2) is 0 Å². The molecule has 0 radical (unpaired) electrons. The maximum Gasteiger partial charge on any atom is 0.0884 e. The number of nitrogens with zero attached hydrogens (tertiary/aromatic N) is 2. The van der Waals surface area contributed by atoms with E-state index in [1.54, 1.807) is 12.2 Å². The van der Waals surface area contributed by atoms with Gasteiger partial charge in [-0.3, -0.25) is 0 Å². The second-order valence-corrected chi connectivity index (χ2v) is 2.57. The van der Waals surface area contributed by atoms with E-state index in [1.165, 1.54) is 0 Å². The fourth-order valence-electron chi connectivity index (χ4n) is 0.938. The van der Waals surface area contributed by atoms with Gasteiger partial charge in [0.05, 0.1) is 22.8 Å². The van der Waals surface area contributed by atoms with Crippen LogP contribution in [0.25, 0.3) is 12.2 Å².